The first-order valence-electron chi connectivity index (χ1n) is 7.70. The second kappa shape index (κ2) is 5.61. The predicted octanol–water partition coefficient (Wildman–Crippen LogP) is 5.44. The average molecular weight is 283 g/mol. The molecule has 0 bridgehead atoms. The molecule has 2 aromatic rings. The summed E-state index contributed by atoms with van der Waals surface area (Å²) in [6.07, 6.45) is 15.0. The minimum Gasteiger partial charge on any atom is -0.248 e. The van der Waals surface area contributed by atoms with Crippen LogP contribution in [0, 0.1) is 0 Å². The van der Waals surface area contributed by atoms with Crippen LogP contribution in [-0.4, -0.2) is 4.98 Å². The highest BCUT2D eigenvalue weighted by Gasteiger charge is 2.12. The van der Waals surface area contributed by atoms with E-state index >= 15 is 0 Å². The van der Waals surface area contributed by atoms with Crippen molar-refractivity contribution in [2.24, 2.45) is 0 Å². The molecule has 0 unspecified atom stereocenters. The third-order valence-electron chi connectivity index (χ3n) is 4.14. The van der Waals surface area contributed by atoms with Gasteiger partial charge in [-0.15, -0.1) is 0 Å². The molecular formula is C21H17N. The van der Waals surface area contributed by atoms with Gasteiger partial charge in [0.05, 0.1) is 11.4 Å². The second-order valence-corrected chi connectivity index (χ2v) is 5.64. The molecule has 22 heavy (non-hydrogen) atoms. The number of allylic oxidation sites excluding steroid dienone is 8. The fourth-order valence-electron chi connectivity index (χ4n) is 2.94. The molecule has 0 atom stereocenters. The molecule has 2 aliphatic carbocycles. The number of hydrogen-bond acceptors (Lipinski definition) is 1. The lowest BCUT2D eigenvalue weighted by Gasteiger charge is -2.11. The number of pyridine rings is 1. The van der Waals surface area contributed by atoms with Crippen LogP contribution < -0.4 is 0 Å². The SMILES string of the molecule is C1=CCC(c2cc(C3=CC=CC3)nc(-c3ccccc3)c2)=C1. The second-order valence-electron chi connectivity index (χ2n) is 5.64. The standard InChI is InChI=1S/C21H17N/c1-2-10-17(11-3-1)20-14-19(16-8-4-5-9-16)15-21(22-20)18-12-6-7-13-18/h1-8,10-12,14-15H,9,13H2. The molecule has 4 rings (SSSR count). The third kappa shape index (κ3) is 2.46. The normalized spacial score (nSPS) is 16.0. The highest BCUT2D eigenvalue weighted by molar-refractivity contribution is 5.78. The van der Waals surface area contributed by atoms with Gasteiger partial charge in [0.2, 0.25) is 0 Å². The molecular weight excluding hydrogens is 266 g/mol. The minimum absolute atomic E-state index is 0.974. The third-order valence-corrected chi connectivity index (χ3v) is 4.14. The molecule has 0 radical (unpaired) electrons. The number of aromatic nitrogens is 1. The molecule has 0 amide bonds. The zero-order valence-corrected chi connectivity index (χ0v) is 12.4. The predicted molar refractivity (Wildman–Crippen MR) is 93.1 cm³/mol. The summed E-state index contributed by atoms with van der Waals surface area (Å²) in [6, 6.07) is 14.9. The van der Waals surface area contributed by atoms with Crippen LogP contribution >= 0.6 is 0 Å². The molecule has 106 valence electrons. The highest BCUT2D eigenvalue weighted by atomic mass is 14.7. The van der Waals surface area contributed by atoms with E-state index in [-0.39, 0.29) is 0 Å². The monoisotopic (exact) mass is 283 g/mol. The summed E-state index contributed by atoms with van der Waals surface area (Å²) in [5.41, 5.74) is 7.26. The Morgan fingerprint density at radius 1 is 0.682 bits per heavy atom. The molecule has 0 aliphatic heterocycles. The number of benzene rings is 1. The summed E-state index contributed by atoms with van der Waals surface area (Å²) in [6.45, 7) is 0. The Labute approximate surface area is 131 Å². The molecule has 1 heterocycles. The van der Waals surface area contributed by atoms with Crippen molar-refractivity contribution in [1.29, 1.82) is 0 Å². The number of nitrogens with zero attached hydrogens (tertiary/aromatic N) is 1. The van der Waals surface area contributed by atoms with Gasteiger partial charge in [-0.1, -0.05) is 66.8 Å². The van der Waals surface area contributed by atoms with Crippen LogP contribution in [0.1, 0.15) is 24.1 Å². The molecule has 0 saturated heterocycles. The van der Waals surface area contributed by atoms with Crippen molar-refractivity contribution < 1.29 is 0 Å². The van der Waals surface area contributed by atoms with Gasteiger partial charge in [0, 0.05) is 5.56 Å². The van der Waals surface area contributed by atoms with Crippen LogP contribution in [0.3, 0.4) is 0 Å². The lowest BCUT2D eigenvalue weighted by molar-refractivity contribution is 1.23. The largest absolute Gasteiger partial charge is 0.248 e. The van der Waals surface area contributed by atoms with Gasteiger partial charge in [-0.25, -0.2) is 4.98 Å². The summed E-state index contributed by atoms with van der Waals surface area (Å²) in [4.78, 5) is 4.90. The first-order chi connectivity index (χ1) is 10.9. The van der Waals surface area contributed by atoms with Gasteiger partial charge < -0.3 is 0 Å². The topological polar surface area (TPSA) is 12.9 Å². The Morgan fingerprint density at radius 2 is 1.36 bits per heavy atom. The van der Waals surface area contributed by atoms with E-state index in [1.165, 1.54) is 22.3 Å². The minimum atomic E-state index is 0.974. The molecule has 0 spiro atoms. The van der Waals surface area contributed by atoms with E-state index in [9.17, 15) is 0 Å². The molecule has 1 aromatic heterocycles. The van der Waals surface area contributed by atoms with E-state index in [0.717, 1.165) is 24.2 Å². The van der Waals surface area contributed by atoms with E-state index in [1.54, 1.807) is 0 Å². The summed E-state index contributed by atoms with van der Waals surface area (Å²) in [5, 5.41) is 0. The fraction of sp³-hybridized carbons (Fsp3) is 0.0952. The van der Waals surface area contributed by atoms with Gasteiger partial charge in [0.15, 0.2) is 0 Å². The zero-order valence-electron chi connectivity index (χ0n) is 12.4. The molecule has 2 aliphatic rings. The first-order valence-corrected chi connectivity index (χ1v) is 7.70. The Balaban J connectivity index is 1.84. The Bertz CT molecular complexity index is 772. The lowest BCUT2D eigenvalue weighted by atomic mass is 9.99. The van der Waals surface area contributed by atoms with Crippen molar-refractivity contribution in [2.75, 3.05) is 0 Å². The maximum absolute atomic E-state index is 4.90. The quantitative estimate of drug-likeness (QED) is 0.731. The van der Waals surface area contributed by atoms with Crippen molar-refractivity contribution in [3.63, 3.8) is 0 Å². The van der Waals surface area contributed by atoms with Gasteiger partial charge in [-0.05, 0) is 41.7 Å². The zero-order chi connectivity index (χ0) is 14.8. The van der Waals surface area contributed by atoms with E-state index in [2.05, 4.69) is 72.9 Å². The number of hydrogen-bond donors (Lipinski definition) is 0. The lowest BCUT2D eigenvalue weighted by Crippen LogP contribution is -1.95. The average Bonchev–Trinajstić information content (AvgIpc) is 3.29. The first kappa shape index (κ1) is 13.0. The molecule has 0 saturated carbocycles. The van der Waals surface area contributed by atoms with Crippen LogP contribution in [0.15, 0.2) is 78.9 Å². The van der Waals surface area contributed by atoms with E-state index in [4.69, 9.17) is 4.98 Å². The van der Waals surface area contributed by atoms with E-state index in [1.807, 2.05) is 6.07 Å². The van der Waals surface area contributed by atoms with Crippen molar-refractivity contribution in [2.45, 2.75) is 12.8 Å². The molecule has 1 heteroatoms. The van der Waals surface area contributed by atoms with E-state index < -0.39 is 0 Å². The molecule has 1 aromatic carbocycles. The van der Waals surface area contributed by atoms with Crippen LogP contribution in [0.25, 0.3) is 22.4 Å². The van der Waals surface area contributed by atoms with Crippen molar-refractivity contribution in [3.05, 3.63) is 90.2 Å². The highest BCUT2D eigenvalue weighted by Crippen LogP contribution is 2.31. The summed E-state index contributed by atoms with van der Waals surface area (Å²) in [5.74, 6) is 0. The van der Waals surface area contributed by atoms with Gasteiger partial charge in [-0.3, -0.25) is 0 Å². The summed E-state index contributed by atoms with van der Waals surface area (Å²) < 4.78 is 0. The summed E-state index contributed by atoms with van der Waals surface area (Å²) in [7, 11) is 0. The van der Waals surface area contributed by atoms with Gasteiger partial charge in [0.1, 0.15) is 0 Å². The molecule has 0 N–H and O–H groups in total. The van der Waals surface area contributed by atoms with Crippen LogP contribution in [0.5, 0.6) is 0 Å². The summed E-state index contributed by atoms with van der Waals surface area (Å²) >= 11 is 0. The maximum atomic E-state index is 4.90. The Hall–Kier alpha value is -2.67. The smallest absolute Gasteiger partial charge is 0.0715 e. The number of rotatable bonds is 3. The van der Waals surface area contributed by atoms with Crippen molar-refractivity contribution >= 4 is 11.1 Å². The van der Waals surface area contributed by atoms with Crippen LogP contribution in [0.4, 0.5) is 0 Å². The van der Waals surface area contributed by atoms with Gasteiger partial charge in [-0.2, -0.15) is 0 Å². The Morgan fingerprint density at radius 3 is 2.05 bits per heavy atom. The van der Waals surface area contributed by atoms with Gasteiger partial charge in [0.25, 0.3) is 0 Å². The Kier molecular flexibility index (Phi) is 3.32. The van der Waals surface area contributed by atoms with Gasteiger partial charge >= 0.3 is 0 Å². The molecule has 1 nitrogen and oxygen atoms in total. The van der Waals surface area contributed by atoms with Crippen molar-refractivity contribution in [1.82, 2.24) is 4.98 Å². The fourth-order valence-corrected chi connectivity index (χ4v) is 2.94. The van der Waals surface area contributed by atoms with E-state index in [0.29, 0.717) is 0 Å². The van der Waals surface area contributed by atoms with Crippen LogP contribution in [-0.2, 0) is 0 Å². The van der Waals surface area contributed by atoms with Crippen LogP contribution in [0.2, 0.25) is 0 Å². The maximum Gasteiger partial charge on any atom is 0.0715 e. The van der Waals surface area contributed by atoms with Crippen molar-refractivity contribution in [3.8, 4) is 11.3 Å². The molecule has 0 fully saturated rings.